The molecule has 3 aromatic carbocycles. The standard InChI is InChI=1S/C21H22N2O4/c1-25-18-11-14(12-19(26-2)20(18)27-3)13-22-21(24)23-17-10-6-8-15-7-4-5-9-16(15)17/h4-12H,13H2,1-3H3,(H2,22,23,24). The second-order valence-corrected chi connectivity index (χ2v) is 5.87. The Hall–Kier alpha value is -3.41. The largest absolute Gasteiger partial charge is 0.493 e. The van der Waals surface area contributed by atoms with Crippen LogP contribution in [0.4, 0.5) is 10.5 Å². The third-order valence-electron chi connectivity index (χ3n) is 4.22. The molecular formula is C21H22N2O4. The third kappa shape index (κ3) is 4.06. The van der Waals surface area contributed by atoms with E-state index in [1.54, 1.807) is 33.5 Å². The zero-order valence-electron chi connectivity index (χ0n) is 15.5. The Balaban J connectivity index is 1.72. The van der Waals surface area contributed by atoms with E-state index in [9.17, 15) is 4.79 Å². The normalized spacial score (nSPS) is 10.3. The first-order valence-electron chi connectivity index (χ1n) is 8.47. The van der Waals surface area contributed by atoms with Crippen LogP contribution in [-0.4, -0.2) is 27.4 Å². The second-order valence-electron chi connectivity index (χ2n) is 5.87. The predicted octanol–water partition coefficient (Wildman–Crippen LogP) is 4.19. The van der Waals surface area contributed by atoms with Crippen molar-refractivity contribution in [3.05, 3.63) is 60.2 Å². The van der Waals surface area contributed by atoms with Gasteiger partial charge in [0.05, 0.1) is 27.0 Å². The number of hydrogen-bond acceptors (Lipinski definition) is 4. The van der Waals surface area contributed by atoms with Crippen LogP contribution in [0, 0.1) is 0 Å². The van der Waals surface area contributed by atoms with Crippen LogP contribution in [0.5, 0.6) is 17.2 Å². The fourth-order valence-electron chi connectivity index (χ4n) is 2.92. The molecule has 0 aliphatic rings. The predicted molar refractivity (Wildman–Crippen MR) is 106 cm³/mol. The summed E-state index contributed by atoms with van der Waals surface area (Å²) in [6.45, 7) is 0.313. The number of anilines is 1. The van der Waals surface area contributed by atoms with Crippen molar-refractivity contribution in [2.75, 3.05) is 26.6 Å². The van der Waals surface area contributed by atoms with Gasteiger partial charge in [-0.25, -0.2) is 4.79 Å². The molecule has 2 amide bonds. The Morgan fingerprint density at radius 3 is 2.22 bits per heavy atom. The SMILES string of the molecule is COc1cc(CNC(=O)Nc2cccc3ccccc23)cc(OC)c1OC. The van der Waals surface area contributed by atoms with Crippen LogP contribution in [0.2, 0.25) is 0 Å². The molecule has 140 valence electrons. The Morgan fingerprint density at radius 2 is 1.56 bits per heavy atom. The van der Waals surface area contributed by atoms with Crippen LogP contribution in [0.15, 0.2) is 54.6 Å². The number of amides is 2. The number of rotatable bonds is 6. The third-order valence-corrected chi connectivity index (χ3v) is 4.22. The highest BCUT2D eigenvalue weighted by molar-refractivity contribution is 6.01. The molecule has 0 saturated carbocycles. The van der Waals surface area contributed by atoms with Gasteiger partial charge >= 0.3 is 6.03 Å². The highest BCUT2D eigenvalue weighted by Gasteiger charge is 2.13. The number of carbonyl (C=O) groups excluding carboxylic acids is 1. The van der Waals surface area contributed by atoms with Crippen molar-refractivity contribution >= 4 is 22.5 Å². The lowest BCUT2D eigenvalue weighted by Crippen LogP contribution is -2.28. The summed E-state index contributed by atoms with van der Waals surface area (Å²) in [7, 11) is 4.67. The van der Waals surface area contributed by atoms with E-state index >= 15 is 0 Å². The molecule has 0 heterocycles. The number of hydrogen-bond donors (Lipinski definition) is 2. The van der Waals surface area contributed by atoms with Crippen molar-refractivity contribution < 1.29 is 19.0 Å². The van der Waals surface area contributed by atoms with Gasteiger partial charge in [0, 0.05) is 11.9 Å². The van der Waals surface area contributed by atoms with E-state index < -0.39 is 0 Å². The molecule has 0 unspecified atom stereocenters. The molecule has 0 aromatic heterocycles. The van der Waals surface area contributed by atoms with Gasteiger partial charge in [-0.1, -0.05) is 36.4 Å². The Labute approximate surface area is 158 Å². The van der Waals surface area contributed by atoms with Crippen LogP contribution in [0.25, 0.3) is 10.8 Å². The van der Waals surface area contributed by atoms with Crippen molar-refractivity contribution in [3.8, 4) is 17.2 Å². The summed E-state index contributed by atoms with van der Waals surface area (Å²) in [4.78, 5) is 12.4. The van der Waals surface area contributed by atoms with E-state index in [4.69, 9.17) is 14.2 Å². The van der Waals surface area contributed by atoms with E-state index in [0.717, 1.165) is 22.0 Å². The molecule has 3 aromatic rings. The van der Waals surface area contributed by atoms with Gasteiger partial charge in [-0.05, 0) is 29.1 Å². The van der Waals surface area contributed by atoms with E-state index in [2.05, 4.69) is 10.6 Å². The van der Waals surface area contributed by atoms with Crippen molar-refractivity contribution in [3.63, 3.8) is 0 Å². The van der Waals surface area contributed by atoms with Crippen LogP contribution in [0.3, 0.4) is 0 Å². The lowest BCUT2D eigenvalue weighted by molar-refractivity contribution is 0.251. The Kier molecular flexibility index (Phi) is 5.66. The fourth-order valence-corrected chi connectivity index (χ4v) is 2.92. The van der Waals surface area contributed by atoms with Crippen molar-refractivity contribution in [1.82, 2.24) is 5.32 Å². The minimum absolute atomic E-state index is 0.292. The Morgan fingerprint density at radius 1 is 0.889 bits per heavy atom. The van der Waals surface area contributed by atoms with Gasteiger partial charge in [-0.3, -0.25) is 0 Å². The zero-order chi connectivity index (χ0) is 19.2. The average molecular weight is 366 g/mol. The first kappa shape index (κ1) is 18.4. The summed E-state index contributed by atoms with van der Waals surface area (Å²) in [5, 5.41) is 7.81. The molecule has 27 heavy (non-hydrogen) atoms. The maximum Gasteiger partial charge on any atom is 0.319 e. The molecule has 0 radical (unpaired) electrons. The van der Waals surface area contributed by atoms with Crippen LogP contribution in [-0.2, 0) is 6.54 Å². The van der Waals surface area contributed by atoms with Gasteiger partial charge in [0.1, 0.15) is 0 Å². The van der Waals surface area contributed by atoms with E-state index in [1.807, 2.05) is 42.5 Å². The number of nitrogens with one attached hydrogen (secondary N) is 2. The highest BCUT2D eigenvalue weighted by atomic mass is 16.5. The highest BCUT2D eigenvalue weighted by Crippen LogP contribution is 2.38. The molecule has 0 spiro atoms. The van der Waals surface area contributed by atoms with Crippen LogP contribution in [0.1, 0.15) is 5.56 Å². The number of carbonyl (C=O) groups is 1. The first-order chi connectivity index (χ1) is 13.2. The molecule has 0 aliphatic carbocycles. The molecule has 6 nitrogen and oxygen atoms in total. The number of ether oxygens (including phenoxy) is 3. The molecule has 0 bridgehead atoms. The average Bonchev–Trinajstić information content (AvgIpc) is 2.71. The summed E-state index contributed by atoms with van der Waals surface area (Å²) in [5.41, 5.74) is 1.59. The molecule has 6 heteroatoms. The summed E-state index contributed by atoms with van der Waals surface area (Å²) in [5.74, 6) is 1.61. The quantitative estimate of drug-likeness (QED) is 0.686. The monoisotopic (exact) mass is 366 g/mol. The van der Waals surface area contributed by atoms with Gasteiger partial charge in [-0.15, -0.1) is 0 Å². The van der Waals surface area contributed by atoms with Gasteiger partial charge in [-0.2, -0.15) is 0 Å². The topological polar surface area (TPSA) is 68.8 Å². The molecule has 0 saturated heterocycles. The minimum atomic E-state index is -0.292. The first-order valence-corrected chi connectivity index (χ1v) is 8.47. The molecule has 0 fully saturated rings. The van der Waals surface area contributed by atoms with Crippen molar-refractivity contribution in [1.29, 1.82) is 0 Å². The summed E-state index contributed by atoms with van der Waals surface area (Å²) in [6.07, 6.45) is 0. The summed E-state index contributed by atoms with van der Waals surface area (Å²) >= 11 is 0. The lowest BCUT2D eigenvalue weighted by atomic mass is 10.1. The maximum absolute atomic E-state index is 12.4. The minimum Gasteiger partial charge on any atom is -0.493 e. The van der Waals surface area contributed by atoms with Gasteiger partial charge < -0.3 is 24.8 Å². The molecule has 3 rings (SSSR count). The number of benzene rings is 3. The zero-order valence-corrected chi connectivity index (χ0v) is 15.5. The van der Waals surface area contributed by atoms with Gasteiger partial charge in [0.2, 0.25) is 5.75 Å². The Bertz CT molecular complexity index is 926. The lowest BCUT2D eigenvalue weighted by Gasteiger charge is -2.15. The fraction of sp³-hybridized carbons (Fsp3) is 0.190. The van der Waals surface area contributed by atoms with Crippen LogP contribution < -0.4 is 24.8 Å². The van der Waals surface area contributed by atoms with E-state index in [0.29, 0.717) is 23.8 Å². The molecular weight excluding hydrogens is 344 g/mol. The summed E-state index contributed by atoms with van der Waals surface area (Å²) in [6, 6.07) is 17.0. The number of fused-ring (bicyclic) bond motifs is 1. The van der Waals surface area contributed by atoms with E-state index in [1.165, 1.54) is 0 Å². The molecule has 0 aliphatic heterocycles. The molecule has 0 atom stereocenters. The van der Waals surface area contributed by atoms with E-state index in [-0.39, 0.29) is 6.03 Å². The van der Waals surface area contributed by atoms with Gasteiger partial charge in [0.25, 0.3) is 0 Å². The van der Waals surface area contributed by atoms with Crippen molar-refractivity contribution in [2.45, 2.75) is 6.54 Å². The number of urea groups is 1. The smallest absolute Gasteiger partial charge is 0.319 e. The second kappa shape index (κ2) is 8.31. The summed E-state index contributed by atoms with van der Waals surface area (Å²) < 4.78 is 16.0. The van der Waals surface area contributed by atoms with Gasteiger partial charge in [0.15, 0.2) is 11.5 Å². The van der Waals surface area contributed by atoms with Crippen LogP contribution >= 0.6 is 0 Å². The number of methoxy groups -OCH3 is 3. The van der Waals surface area contributed by atoms with Crippen molar-refractivity contribution in [2.24, 2.45) is 0 Å². The molecule has 2 N–H and O–H groups in total. The maximum atomic E-state index is 12.4.